The van der Waals surface area contributed by atoms with E-state index in [1.807, 2.05) is 6.07 Å². The second kappa shape index (κ2) is 6.15. The number of hydrazone groups is 1. The molecule has 0 heterocycles. The van der Waals surface area contributed by atoms with Gasteiger partial charge >= 0.3 is 0 Å². The Balaban J connectivity index is 2.03. The maximum atomic E-state index is 11.8. The number of phenolic OH excluding ortho intramolecular Hbond substituents is 1. The van der Waals surface area contributed by atoms with Crippen molar-refractivity contribution in [3.63, 3.8) is 0 Å². The van der Waals surface area contributed by atoms with E-state index in [9.17, 15) is 9.90 Å². The molecule has 0 aliphatic heterocycles. The third-order valence-corrected chi connectivity index (χ3v) is 3.06. The van der Waals surface area contributed by atoms with Crippen molar-refractivity contribution in [3.05, 3.63) is 64.1 Å². The molecule has 0 bridgehead atoms. The van der Waals surface area contributed by atoms with E-state index in [4.69, 9.17) is 0 Å². The number of nitrogens with zero attached hydrogens (tertiary/aromatic N) is 1. The molecule has 19 heavy (non-hydrogen) atoms. The zero-order chi connectivity index (χ0) is 13.7. The number of carbonyl (C=O) groups excluding carboxylic acids is 1. The topological polar surface area (TPSA) is 61.7 Å². The molecule has 0 saturated heterocycles. The minimum atomic E-state index is -0.302. The van der Waals surface area contributed by atoms with E-state index < -0.39 is 0 Å². The fraction of sp³-hybridized carbons (Fsp3) is 0. The molecule has 5 heteroatoms. The van der Waals surface area contributed by atoms with Gasteiger partial charge < -0.3 is 5.11 Å². The predicted octanol–water partition coefficient (Wildman–Crippen LogP) is 2.92. The van der Waals surface area contributed by atoms with Crippen molar-refractivity contribution >= 4 is 28.1 Å². The van der Waals surface area contributed by atoms with Crippen LogP contribution in [0.5, 0.6) is 5.75 Å². The molecule has 0 atom stereocenters. The number of hydrogen-bond acceptors (Lipinski definition) is 3. The van der Waals surface area contributed by atoms with E-state index >= 15 is 0 Å². The van der Waals surface area contributed by atoms with E-state index in [1.54, 1.807) is 42.5 Å². The van der Waals surface area contributed by atoms with Gasteiger partial charge in [-0.05, 0) is 45.8 Å². The molecular formula is C14H11BrN2O2. The molecule has 2 aromatic rings. The second-order valence-electron chi connectivity index (χ2n) is 3.77. The Morgan fingerprint density at radius 3 is 2.74 bits per heavy atom. The smallest absolute Gasteiger partial charge is 0.272 e. The molecule has 0 aliphatic carbocycles. The molecule has 2 aromatic carbocycles. The predicted molar refractivity (Wildman–Crippen MR) is 77.3 cm³/mol. The van der Waals surface area contributed by atoms with Gasteiger partial charge in [-0.1, -0.05) is 24.3 Å². The van der Waals surface area contributed by atoms with Crippen LogP contribution in [0.4, 0.5) is 0 Å². The number of carbonyl (C=O) groups is 1. The first kappa shape index (κ1) is 13.3. The number of hydrogen-bond donors (Lipinski definition) is 2. The van der Waals surface area contributed by atoms with Crippen LogP contribution in [0.1, 0.15) is 15.9 Å². The minimum absolute atomic E-state index is 0.154. The molecule has 0 saturated carbocycles. The number of halogens is 1. The van der Waals surface area contributed by atoms with Crippen LogP contribution in [-0.2, 0) is 0 Å². The summed E-state index contributed by atoms with van der Waals surface area (Å²) >= 11 is 3.30. The summed E-state index contributed by atoms with van der Waals surface area (Å²) in [5.41, 5.74) is 3.64. The van der Waals surface area contributed by atoms with Crippen LogP contribution in [0.25, 0.3) is 0 Å². The second-order valence-corrected chi connectivity index (χ2v) is 4.63. The lowest BCUT2D eigenvalue weighted by atomic mass is 10.2. The van der Waals surface area contributed by atoms with Crippen LogP contribution in [-0.4, -0.2) is 17.2 Å². The van der Waals surface area contributed by atoms with Gasteiger partial charge in [0.25, 0.3) is 5.91 Å². The number of phenols is 1. The SMILES string of the molecule is O=C(N/N=C\c1cccc(O)c1)c1ccccc1Br. The van der Waals surface area contributed by atoms with Gasteiger partial charge in [-0.15, -0.1) is 0 Å². The standard InChI is InChI=1S/C14H11BrN2O2/c15-13-7-2-1-6-12(13)14(19)17-16-9-10-4-3-5-11(18)8-10/h1-9,18H,(H,17,19)/b16-9-. The Morgan fingerprint density at radius 2 is 2.00 bits per heavy atom. The zero-order valence-corrected chi connectivity index (χ0v) is 11.5. The summed E-state index contributed by atoms with van der Waals surface area (Å²) in [7, 11) is 0. The van der Waals surface area contributed by atoms with Crippen molar-refractivity contribution in [2.24, 2.45) is 5.10 Å². The van der Waals surface area contributed by atoms with Gasteiger partial charge in [-0.2, -0.15) is 5.10 Å². The van der Waals surface area contributed by atoms with Crippen molar-refractivity contribution in [1.29, 1.82) is 0 Å². The largest absolute Gasteiger partial charge is 0.508 e. The van der Waals surface area contributed by atoms with E-state index in [1.165, 1.54) is 6.21 Å². The van der Waals surface area contributed by atoms with Gasteiger partial charge in [0.15, 0.2) is 0 Å². The Bertz CT molecular complexity index is 626. The van der Waals surface area contributed by atoms with Crippen molar-refractivity contribution in [3.8, 4) is 5.75 Å². The third kappa shape index (κ3) is 3.66. The highest BCUT2D eigenvalue weighted by molar-refractivity contribution is 9.10. The van der Waals surface area contributed by atoms with Gasteiger partial charge in [0.2, 0.25) is 0 Å². The molecule has 0 aromatic heterocycles. The van der Waals surface area contributed by atoms with Crippen LogP contribution >= 0.6 is 15.9 Å². The first-order chi connectivity index (χ1) is 9.16. The first-order valence-electron chi connectivity index (χ1n) is 5.54. The average molecular weight is 319 g/mol. The maximum absolute atomic E-state index is 11.8. The Kier molecular flexibility index (Phi) is 4.30. The summed E-state index contributed by atoms with van der Waals surface area (Å²) in [5.74, 6) is -0.148. The molecule has 2 rings (SSSR count). The lowest BCUT2D eigenvalue weighted by Crippen LogP contribution is -2.18. The molecule has 2 N–H and O–H groups in total. The van der Waals surface area contributed by atoms with Gasteiger partial charge in [0, 0.05) is 4.47 Å². The monoisotopic (exact) mass is 318 g/mol. The molecule has 96 valence electrons. The summed E-state index contributed by atoms with van der Waals surface area (Å²) in [5, 5.41) is 13.1. The first-order valence-corrected chi connectivity index (χ1v) is 6.33. The molecule has 0 radical (unpaired) electrons. The minimum Gasteiger partial charge on any atom is -0.508 e. The summed E-state index contributed by atoms with van der Waals surface area (Å²) in [6, 6.07) is 13.7. The fourth-order valence-electron chi connectivity index (χ4n) is 1.48. The number of benzene rings is 2. The molecule has 0 fully saturated rings. The quantitative estimate of drug-likeness (QED) is 0.675. The van der Waals surface area contributed by atoms with Gasteiger partial charge in [-0.3, -0.25) is 4.79 Å². The van der Waals surface area contributed by atoms with Crippen molar-refractivity contribution in [2.45, 2.75) is 0 Å². The van der Waals surface area contributed by atoms with Gasteiger partial charge in [-0.25, -0.2) is 5.43 Å². The summed E-state index contributed by atoms with van der Waals surface area (Å²) in [6.07, 6.45) is 1.47. The fourth-order valence-corrected chi connectivity index (χ4v) is 1.94. The summed E-state index contributed by atoms with van der Waals surface area (Å²) in [6.45, 7) is 0. The van der Waals surface area contributed by atoms with E-state index in [0.717, 1.165) is 0 Å². The summed E-state index contributed by atoms with van der Waals surface area (Å²) < 4.78 is 0.708. The maximum Gasteiger partial charge on any atom is 0.272 e. The molecule has 4 nitrogen and oxygen atoms in total. The van der Waals surface area contributed by atoms with Crippen LogP contribution in [0, 0.1) is 0 Å². The van der Waals surface area contributed by atoms with Crippen LogP contribution in [0.3, 0.4) is 0 Å². The number of nitrogens with one attached hydrogen (secondary N) is 1. The van der Waals surface area contributed by atoms with E-state index in [0.29, 0.717) is 15.6 Å². The highest BCUT2D eigenvalue weighted by Gasteiger charge is 2.07. The number of rotatable bonds is 3. The Hall–Kier alpha value is -2.14. The molecule has 0 unspecified atom stereocenters. The summed E-state index contributed by atoms with van der Waals surface area (Å²) in [4.78, 5) is 11.8. The Labute approximate surface area is 118 Å². The van der Waals surface area contributed by atoms with Crippen LogP contribution in [0.15, 0.2) is 58.1 Å². The van der Waals surface area contributed by atoms with Crippen LogP contribution in [0.2, 0.25) is 0 Å². The number of amides is 1. The van der Waals surface area contributed by atoms with Crippen molar-refractivity contribution in [2.75, 3.05) is 0 Å². The molecular weight excluding hydrogens is 308 g/mol. The highest BCUT2D eigenvalue weighted by atomic mass is 79.9. The molecule has 1 amide bonds. The lowest BCUT2D eigenvalue weighted by Gasteiger charge is -2.01. The molecule has 0 aliphatic rings. The van der Waals surface area contributed by atoms with Crippen molar-refractivity contribution < 1.29 is 9.90 Å². The van der Waals surface area contributed by atoms with E-state index in [2.05, 4.69) is 26.5 Å². The highest BCUT2D eigenvalue weighted by Crippen LogP contribution is 2.15. The van der Waals surface area contributed by atoms with Gasteiger partial charge in [0.1, 0.15) is 5.75 Å². The third-order valence-electron chi connectivity index (χ3n) is 2.37. The molecule has 0 spiro atoms. The van der Waals surface area contributed by atoms with Crippen molar-refractivity contribution in [1.82, 2.24) is 5.43 Å². The normalized spacial score (nSPS) is 10.6. The van der Waals surface area contributed by atoms with Crippen LogP contribution < -0.4 is 5.43 Å². The number of aromatic hydroxyl groups is 1. The Morgan fingerprint density at radius 1 is 1.21 bits per heavy atom. The van der Waals surface area contributed by atoms with Gasteiger partial charge in [0.05, 0.1) is 11.8 Å². The van der Waals surface area contributed by atoms with E-state index in [-0.39, 0.29) is 11.7 Å². The average Bonchev–Trinajstić information content (AvgIpc) is 2.39. The lowest BCUT2D eigenvalue weighted by molar-refractivity contribution is 0.0954. The zero-order valence-electron chi connectivity index (χ0n) is 9.88.